The minimum absolute atomic E-state index is 0.0517. The van der Waals surface area contributed by atoms with E-state index >= 15 is 0 Å². The summed E-state index contributed by atoms with van der Waals surface area (Å²) in [7, 11) is 0. The summed E-state index contributed by atoms with van der Waals surface area (Å²) in [5.41, 5.74) is 3.75. The zero-order valence-corrected chi connectivity index (χ0v) is 14.6. The van der Waals surface area contributed by atoms with Crippen molar-refractivity contribution in [1.82, 2.24) is 0 Å². The summed E-state index contributed by atoms with van der Waals surface area (Å²) >= 11 is 0. The van der Waals surface area contributed by atoms with E-state index in [1.807, 2.05) is 6.07 Å². The number of carboxylic acids is 1. The Labute approximate surface area is 150 Å². The largest absolute Gasteiger partial charge is 0.507 e. The number of aromatic carboxylic acids is 1. The molecule has 0 heterocycles. The maximum absolute atomic E-state index is 13.7. The van der Waals surface area contributed by atoms with Crippen LogP contribution in [-0.4, -0.2) is 16.2 Å². The molecular weight excluding hydrogens is 331 g/mol. The van der Waals surface area contributed by atoms with E-state index in [1.165, 1.54) is 12.1 Å². The summed E-state index contributed by atoms with van der Waals surface area (Å²) in [4.78, 5) is 11.5. The van der Waals surface area contributed by atoms with Crippen LogP contribution in [-0.2, 0) is 5.41 Å². The number of benzene rings is 3. The van der Waals surface area contributed by atoms with Crippen LogP contribution in [0.3, 0.4) is 0 Å². The van der Waals surface area contributed by atoms with Crippen LogP contribution >= 0.6 is 0 Å². The lowest BCUT2D eigenvalue weighted by Gasteiger charge is -2.30. The highest BCUT2D eigenvalue weighted by atomic mass is 19.1. The molecule has 0 aliphatic heterocycles. The fourth-order valence-corrected chi connectivity index (χ4v) is 4.50. The molecule has 3 nitrogen and oxygen atoms in total. The van der Waals surface area contributed by atoms with Crippen molar-refractivity contribution in [2.45, 2.75) is 32.1 Å². The Morgan fingerprint density at radius 3 is 2.38 bits per heavy atom. The van der Waals surface area contributed by atoms with E-state index in [2.05, 4.69) is 13.8 Å². The molecule has 0 atom stereocenters. The van der Waals surface area contributed by atoms with Gasteiger partial charge in [-0.25, -0.2) is 9.18 Å². The van der Waals surface area contributed by atoms with E-state index in [0.29, 0.717) is 5.39 Å². The number of phenols is 1. The minimum atomic E-state index is -0.978. The van der Waals surface area contributed by atoms with E-state index in [9.17, 15) is 19.4 Å². The number of halogens is 1. The zero-order chi connectivity index (χ0) is 18.6. The lowest BCUT2D eigenvalue weighted by atomic mass is 9.73. The Hall–Kier alpha value is -2.88. The first kappa shape index (κ1) is 16.6. The van der Waals surface area contributed by atoms with E-state index in [0.717, 1.165) is 40.5 Å². The van der Waals surface area contributed by atoms with Crippen LogP contribution in [0.25, 0.3) is 21.9 Å². The molecule has 0 radical (unpaired) electrons. The molecule has 0 fully saturated rings. The van der Waals surface area contributed by atoms with Gasteiger partial charge in [0.15, 0.2) is 0 Å². The third-order valence-electron chi connectivity index (χ3n) is 5.85. The van der Waals surface area contributed by atoms with Crippen molar-refractivity contribution >= 4 is 16.7 Å². The first-order valence-corrected chi connectivity index (χ1v) is 8.77. The van der Waals surface area contributed by atoms with E-state index in [1.54, 1.807) is 24.3 Å². The number of phenolic OH excluding ortho intramolecular Hbond substituents is 1. The molecule has 0 bridgehead atoms. The van der Waals surface area contributed by atoms with Crippen molar-refractivity contribution in [3.05, 3.63) is 65.0 Å². The normalized spacial score (nSPS) is 14.3. The molecule has 132 valence electrons. The zero-order valence-electron chi connectivity index (χ0n) is 14.6. The number of hydrogen-bond donors (Lipinski definition) is 2. The topological polar surface area (TPSA) is 57.5 Å². The van der Waals surface area contributed by atoms with Gasteiger partial charge >= 0.3 is 5.97 Å². The van der Waals surface area contributed by atoms with Gasteiger partial charge in [-0.2, -0.15) is 0 Å². The third kappa shape index (κ3) is 2.02. The van der Waals surface area contributed by atoms with Crippen LogP contribution in [0.15, 0.2) is 42.5 Å². The Morgan fingerprint density at radius 2 is 1.73 bits per heavy atom. The molecule has 1 aliphatic carbocycles. The SMILES string of the molecule is CCC1(CC)c2ccc(C(=O)O)cc2-c2c1cc(O)c1cc(F)ccc21. The number of aromatic hydroxyl groups is 1. The molecule has 26 heavy (non-hydrogen) atoms. The Bertz CT molecular complexity index is 1060. The van der Waals surface area contributed by atoms with Crippen molar-refractivity contribution < 1.29 is 19.4 Å². The molecular formula is C22H19FO3. The fraction of sp³-hybridized carbons (Fsp3) is 0.227. The monoisotopic (exact) mass is 350 g/mol. The average Bonchev–Trinajstić information content (AvgIpc) is 2.91. The molecule has 2 N–H and O–H groups in total. The smallest absolute Gasteiger partial charge is 0.335 e. The molecule has 3 aromatic rings. The van der Waals surface area contributed by atoms with Crippen LogP contribution in [0.2, 0.25) is 0 Å². The maximum Gasteiger partial charge on any atom is 0.335 e. The van der Waals surface area contributed by atoms with Crippen molar-refractivity contribution in [3.8, 4) is 16.9 Å². The number of fused-ring (bicyclic) bond motifs is 5. The summed E-state index contributed by atoms with van der Waals surface area (Å²) < 4.78 is 13.7. The lowest BCUT2D eigenvalue weighted by Crippen LogP contribution is -2.23. The van der Waals surface area contributed by atoms with Gasteiger partial charge in [0.1, 0.15) is 11.6 Å². The van der Waals surface area contributed by atoms with E-state index in [4.69, 9.17) is 0 Å². The molecule has 0 saturated heterocycles. The lowest BCUT2D eigenvalue weighted by molar-refractivity contribution is 0.0697. The van der Waals surface area contributed by atoms with Crippen LogP contribution in [0.4, 0.5) is 4.39 Å². The number of carbonyl (C=O) groups is 1. The van der Waals surface area contributed by atoms with Crippen LogP contribution in [0.1, 0.15) is 48.2 Å². The molecule has 0 spiro atoms. The van der Waals surface area contributed by atoms with Crippen molar-refractivity contribution in [1.29, 1.82) is 0 Å². The molecule has 0 aromatic heterocycles. The first-order valence-electron chi connectivity index (χ1n) is 8.77. The Balaban J connectivity index is 2.19. The number of carboxylic acid groups (broad SMARTS) is 1. The summed E-state index contributed by atoms with van der Waals surface area (Å²) in [6.07, 6.45) is 1.64. The second-order valence-electron chi connectivity index (χ2n) is 6.86. The number of hydrogen-bond acceptors (Lipinski definition) is 2. The second kappa shape index (κ2) is 5.56. The average molecular weight is 350 g/mol. The van der Waals surface area contributed by atoms with E-state index < -0.39 is 11.8 Å². The molecule has 1 aliphatic rings. The predicted molar refractivity (Wildman–Crippen MR) is 99.3 cm³/mol. The summed E-state index contributed by atoms with van der Waals surface area (Å²) in [5.74, 6) is -1.34. The van der Waals surface area contributed by atoms with Crippen LogP contribution in [0.5, 0.6) is 5.75 Å². The second-order valence-corrected chi connectivity index (χ2v) is 6.86. The molecule has 0 unspecified atom stereocenters. The molecule has 0 saturated carbocycles. The molecule has 3 aromatic carbocycles. The standard InChI is InChI=1S/C22H19FO3/c1-3-22(4-2)17-8-5-12(21(25)26)9-16(17)20-14-7-6-13(23)10-15(14)19(24)11-18(20)22/h5-11,24H,3-4H2,1-2H3,(H,25,26). The fourth-order valence-electron chi connectivity index (χ4n) is 4.50. The van der Waals surface area contributed by atoms with Gasteiger partial charge < -0.3 is 10.2 Å². The highest BCUT2D eigenvalue weighted by molar-refractivity contribution is 6.06. The van der Waals surface area contributed by atoms with Gasteiger partial charge in [-0.3, -0.25) is 0 Å². The first-order chi connectivity index (χ1) is 12.4. The molecule has 4 rings (SSSR count). The van der Waals surface area contributed by atoms with Crippen LogP contribution < -0.4 is 0 Å². The van der Waals surface area contributed by atoms with Gasteiger partial charge in [0.2, 0.25) is 0 Å². The van der Waals surface area contributed by atoms with Gasteiger partial charge in [-0.1, -0.05) is 26.0 Å². The Kier molecular flexibility index (Phi) is 3.55. The minimum Gasteiger partial charge on any atom is -0.507 e. The van der Waals surface area contributed by atoms with Gasteiger partial charge in [0.25, 0.3) is 0 Å². The highest BCUT2D eigenvalue weighted by Crippen LogP contribution is 2.56. The highest BCUT2D eigenvalue weighted by Gasteiger charge is 2.42. The molecule has 0 amide bonds. The summed E-state index contributed by atoms with van der Waals surface area (Å²) in [5, 5.41) is 21.1. The van der Waals surface area contributed by atoms with Gasteiger partial charge in [0, 0.05) is 10.8 Å². The predicted octanol–water partition coefficient (Wildman–Crippen LogP) is 5.47. The maximum atomic E-state index is 13.7. The summed E-state index contributed by atoms with van der Waals surface area (Å²) in [6.45, 7) is 4.19. The van der Waals surface area contributed by atoms with Crippen LogP contribution in [0, 0.1) is 5.82 Å². The molecule has 4 heteroatoms. The third-order valence-corrected chi connectivity index (χ3v) is 5.85. The van der Waals surface area contributed by atoms with Gasteiger partial charge in [0.05, 0.1) is 5.56 Å². The Morgan fingerprint density at radius 1 is 1.00 bits per heavy atom. The number of rotatable bonds is 3. The van der Waals surface area contributed by atoms with Crippen molar-refractivity contribution in [2.75, 3.05) is 0 Å². The van der Waals surface area contributed by atoms with Gasteiger partial charge in [-0.05, 0) is 70.8 Å². The van der Waals surface area contributed by atoms with E-state index in [-0.39, 0.29) is 16.7 Å². The van der Waals surface area contributed by atoms with Crippen molar-refractivity contribution in [3.63, 3.8) is 0 Å². The summed E-state index contributed by atoms with van der Waals surface area (Å²) in [6, 6.07) is 11.3. The quantitative estimate of drug-likeness (QED) is 0.658. The van der Waals surface area contributed by atoms with Gasteiger partial charge in [-0.15, -0.1) is 0 Å². The van der Waals surface area contributed by atoms with Crippen molar-refractivity contribution in [2.24, 2.45) is 0 Å².